The van der Waals surface area contributed by atoms with Gasteiger partial charge in [0.2, 0.25) is 0 Å². The van der Waals surface area contributed by atoms with Crippen LogP contribution in [0.3, 0.4) is 0 Å². The van der Waals surface area contributed by atoms with Gasteiger partial charge in [0, 0.05) is 36.1 Å². The number of nitrogens with two attached hydrogens (primary N) is 1. The summed E-state index contributed by atoms with van der Waals surface area (Å²) in [6.07, 6.45) is 2.44. The normalized spacial score (nSPS) is 14.1. The molecule has 2 heterocycles. The molecule has 1 aromatic carbocycles. The third-order valence-electron chi connectivity index (χ3n) is 4.26. The zero-order valence-electron chi connectivity index (χ0n) is 15.2. The van der Waals surface area contributed by atoms with Crippen LogP contribution in [0.4, 0.5) is 11.5 Å². The van der Waals surface area contributed by atoms with E-state index in [-0.39, 0.29) is 24.0 Å². The van der Waals surface area contributed by atoms with Crippen molar-refractivity contribution in [1.82, 2.24) is 4.98 Å². The molecule has 0 saturated carbocycles. The van der Waals surface area contributed by atoms with Crippen LogP contribution in [0.25, 0.3) is 0 Å². The Morgan fingerprint density at radius 3 is 2.77 bits per heavy atom. The molecule has 0 unspecified atom stereocenters. The van der Waals surface area contributed by atoms with E-state index in [1.54, 1.807) is 7.11 Å². The van der Waals surface area contributed by atoms with Gasteiger partial charge >= 0.3 is 0 Å². The highest BCUT2D eigenvalue weighted by Gasteiger charge is 2.17. The lowest BCUT2D eigenvalue weighted by molar-refractivity contribution is 0.415. The number of aliphatic imine (C=N–C) groups is 1. The van der Waals surface area contributed by atoms with Gasteiger partial charge in [0.15, 0.2) is 5.96 Å². The summed E-state index contributed by atoms with van der Waals surface area (Å²) in [4.78, 5) is 11.5. The molecule has 3 rings (SSSR count). The van der Waals surface area contributed by atoms with Crippen LogP contribution in [-0.4, -0.2) is 31.1 Å². The highest BCUT2D eigenvalue weighted by molar-refractivity contribution is 14.0. The fraction of sp³-hybridized carbons (Fsp3) is 0.368. The Labute approximate surface area is 171 Å². The van der Waals surface area contributed by atoms with Crippen LogP contribution in [0.5, 0.6) is 5.75 Å². The number of benzene rings is 1. The number of halogens is 1. The molecule has 1 fully saturated rings. The van der Waals surface area contributed by atoms with E-state index in [4.69, 9.17) is 15.5 Å². The molecular formula is C19H26IN5O. The second-order valence-corrected chi connectivity index (χ2v) is 6.19. The van der Waals surface area contributed by atoms with Crippen LogP contribution < -0.4 is 20.7 Å². The van der Waals surface area contributed by atoms with Gasteiger partial charge in [-0.2, -0.15) is 0 Å². The summed E-state index contributed by atoms with van der Waals surface area (Å²) < 4.78 is 5.22. The third-order valence-corrected chi connectivity index (χ3v) is 4.26. The lowest BCUT2D eigenvalue weighted by Crippen LogP contribution is -2.23. The Balaban J connectivity index is 0.00000243. The maximum Gasteiger partial charge on any atom is 0.193 e. The molecule has 140 valence electrons. The molecule has 6 nitrogen and oxygen atoms in total. The maximum absolute atomic E-state index is 6.04. The van der Waals surface area contributed by atoms with Gasteiger partial charge in [-0.15, -0.1) is 24.0 Å². The molecule has 0 atom stereocenters. The molecule has 1 aliphatic rings. The first-order valence-corrected chi connectivity index (χ1v) is 8.58. The van der Waals surface area contributed by atoms with Gasteiger partial charge in [-0.25, -0.2) is 9.98 Å². The van der Waals surface area contributed by atoms with Crippen LogP contribution in [0.1, 0.15) is 24.1 Å². The quantitative estimate of drug-likeness (QED) is 0.400. The predicted octanol–water partition coefficient (Wildman–Crippen LogP) is 3.54. The number of nitrogens with one attached hydrogen (secondary N) is 1. The predicted molar refractivity (Wildman–Crippen MR) is 118 cm³/mol. The average molecular weight is 467 g/mol. The second kappa shape index (κ2) is 9.61. The SMILES string of the molecule is COc1cccc(NC(N)=NCc2ccc(C)nc2N2CCCC2)c1.I. The highest BCUT2D eigenvalue weighted by Crippen LogP contribution is 2.23. The smallest absolute Gasteiger partial charge is 0.193 e. The first-order valence-electron chi connectivity index (χ1n) is 8.58. The summed E-state index contributed by atoms with van der Waals surface area (Å²) in [5.74, 6) is 2.19. The molecule has 0 aliphatic carbocycles. The number of rotatable bonds is 5. The third kappa shape index (κ3) is 5.23. The van der Waals surface area contributed by atoms with Crippen LogP contribution in [0, 0.1) is 6.92 Å². The van der Waals surface area contributed by atoms with E-state index >= 15 is 0 Å². The fourth-order valence-corrected chi connectivity index (χ4v) is 2.96. The van der Waals surface area contributed by atoms with E-state index in [9.17, 15) is 0 Å². The number of guanidine groups is 1. The molecule has 1 aromatic heterocycles. The Hall–Kier alpha value is -2.03. The minimum absolute atomic E-state index is 0. The van der Waals surface area contributed by atoms with Gasteiger partial charge in [0.1, 0.15) is 11.6 Å². The van der Waals surface area contributed by atoms with Gasteiger partial charge < -0.3 is 20.7 Å². The van der Waals surface area contributed by atoms with E-state index in [2.05, 4.69) is 21.3 Å². The number of anilines is 2. The number of methoxy groups -OCH3 is 1. The Kier molecular flexibility index (Phi) is 7.50. The zero-order valence-corrected chi connectivity index (χ0v) is 17.6. The average Bonchev–Trinajstić information content (AvgIpc) is 3.15. The van der Waals surface area contributed by atoms with Crippen molar-refractivity contribution in [2.45, 2.75) is 26.3 Å². The van der Waals surface area contributed by atoms with Gasteiger partial charge in [-0.1, -0.05) is 12.1 Å². The summed E-state index contributed by atoms with van der Waals surface area (Å²) in [6, 6.07) is 11.7. The Bertz CT molecular complexity index is 759. The molecule has 26 heavy (non-hydrogen) atoms. The standard InChI is InChI=1S/C19H25N5O.HI/c1-14-8-9-15(18(22-14)24-10-3-4-11-24)13-21-19(20)23-16-6-5-7-17(12-16)25-2;/h5-9,12H,3-4,10-11,13H2,1-2H3,(H3,20,21,23);1H. The maximum atomic E-state index is 6.04. The minimum atomic E-state index is 0. The topological polar surface area (TPSA) is 75.8 Å². The summed E-state index contributed by atoms with van der Waals surface area (Å²) in [7, 11) is 1.64. The minimum Gasteiger partial charge on any atom is -0.497 e. The van der Waals surface area contributed by atoms with E-state index in [1.807, 2.05) is 37.3 Å². The molecule has 7 heteroatoms. The molecule has 2 aromatic rings. The van der Waals surface area contributed by atoms with E-state index in [0.717, 1.165) is 41.6 Å². The van der Waals surface area contributed by atoms with Crippen molar-refractivity contribution in [3.63, 3.8) is 0 Å². The monoisotopic (exact) mass is 467 g/mol. The van der Waals surface area contributed by atoms with Gasteiger partial charge in [0.05, 0.1) is 13.7 Å². The zero-order chi connectivity index (χ0) is 17.6. The van der Waals surface area contributed by atoms with Gasteiger partial charge in [-0.05, 0) is 38.0 Å². The fourth-order valence-electron chi connectivity index (χ4n) is 2.96. The number of aromatic nitrogens is 1. The number of nitrogens with zero attached hydrogens (tertiary/aromatic N) is 3. The Morgan fingerprint density at radius 1 is 1.27 bits per heavy atom. The molecule has 1 aliphatic heterocycles. The van der Waals surface area contributed by atoms with Gasteiger partial charge in [-0.3, -0.25) is 0 Å². The van der Waals surface area contributed by atoms with Crippen molar-refractivity contribution in [2.75, 3.05) is 30.4 Å². The lowest BCUT2D eigenvalue weighted by atomic mass is 10.2. The molecule has 0 amide bonds. The van der Waals surface area contributed by atoms with Crippen molar-refractivity contribution in [3.05, 3.63) is 47.7 Å². The number of aryl methyl sites for hydroxylation is 1. The molecular weight excluding hydrogens is 441 g/mol. The number of pyridine rings is 1. The summed E-state index contributed by atoms with van der Waals surface area (Å²) in [5.41, 5.74) is 9.02. The van der Waals surface area contributed by atoms with Crippen molar-refractivity contribution < 1.29 is 4.74 Å². The number of hydrogen-bond acceptors (Lipinski definition) is 4. The second-order valence-electron chi connectivity index (χ2n) is 6.19. The van der Waals surface area contributed by atoms with Crippen LogP contribution in [0.2, 0.25) is 0 Å². The van der Waals surface area contributed by atoms with E-state index in [0.29, 0.717) is 12.5 Å². The highest BCUT2D eigenvalue weighted by atomic mass is 127. The number of ether oxygens (including phenoxy) is 1. The molecule has 0 bridgehead atoms. The first kappa shape index (κ1) is 20.3. The largest absolute Gasteiger partial charge is 0.497 e. The molecule has 3 N–H and O–H groups in total. The molecule has 0 radical (unpaired) electrons. The van der Waals surface area contributed by atoms with Crippen LogP contribution in [0.15, 0.2) is 41.4 Å². The summed E-state index contributed by atoms with van der Waals surface area (Å²) in [5, 5.41) is 3.10. The van der Waals surface area contributed by atoms with E-state index < -0.39 is 0 Å². The Morgan fingerprint density at radius 2 is 2.04 bits per heavy atom. The van der Waals surface area contributed by atoms with Crippen molar-refractivity contribution in [1.29, 1.82) is 0 Å². The number of hydrogen-bond donors (Lipinski definition) is 2. The van der Waals surface area contributed by atoms with E-state index in [1.165, 1.54) is 12.8 Å². The molecule has 0 spiro atoms. The first-order chi connectivity index (χ1) is 12.2. The summed E-state index contributed by atoms with van der Waals surface area (Å²) >= 11 is 0. The van der Waals surface area contributed by atoms with Crippen LogP contribution in [-0.2, 0) is 6.54 Å². The summed E-state index contributed by atoms with van der Waals surface area (Å²) in [6.45, 7) is 4.64. The molecule has 1 saturated heterocycles. The lowest BCUT2D eigenvalue weighted by Gasteiger charge is -2.20. The van der Waals surface area contributed by atoms with Crippen molar-refractivity contribution >= 4 is 41.4 Å². The van der Waals surface area contributed by atoms with Crippen molar-refractivity contribution in [3.8, 4) is 5.75 Å². The van der Waals surface area contributed by atoms with Crippen molar-refractivity contribution in [2.24, 2.45) is 10.7 Å². The van der Waals surface area contributed by atoms with Crippen LogP contribution >= 0.6 is 24.0 Å². The van der Waals surface area contributed by atoms with Gasteiger partial charge in [0.25, 0.3) is 0 Å².